The lowest BCUT2D eigenvalue weighted by Gasteiger charge is -2.16. The molecule has 0 amide bonds. The van der Waals surface area contributed by atoms with E-state index >= 15 is 0 Å². The van der Waals surface area contributed by atoms with E-state index in [0.717, 1.165) is 12.3 Å². The highest BCUT2D eigenvalue weighted by atomic mass is 14.1. The highest BCUT2D eigenvalue weighted by molar-refractivity contribution is 4.62. The molecule has 0 N–H and O–H groups in total. The van der Waals surface area contributed by atoms with Gasteiger partial charge in [0.1, 0.15) is 0 Å². The Balaban J connectivity index is 3.48. The largest absolute Gasteiger partial charge is 0.0654 e. The van der Waals surface area contributed by atoms with Crippen LogP contribution in [-0.2, 0) is 0 Å². The third-order valence-electron chi connectivity index (χ3n) is 7.29. The van der Waals surface area contributed by atoms with E-state index in [2.05, 4.69) is 20.8 Å². The maximum Gasteiger partial charge on any atom is -0.0414 e. The van der Waals surface area contributed by atoms with E-state index in [4.69, 9.17) is 0 Å². The van der Waals surface area contributed by atoms with Crippen LogP contribution in [0.2, 0.25) is 0 Å². The van der Waals surface area contributed by atoms with Crippen LogP contribution in [0, 0.1) is 12.8 Å². The first-order valence-corrected chi connectivity index (χ1v) is 15.1. The van der Waals surface area contributed by atoms with E-state index in [0.29, 0.717) is 0 Å². The minimum atomic E-state index is 0.999. The van der Waals surface area contributed by atoms with Crippen LogP contribution in [0.15, 0.2) is 0 Å². The van der Waals surface area contributed by atoms with Crippen molar-refractivity contribution >= 4 is 0 Å². The van der Waals surface area contributed by atoms with Gasteiger partial charge in [-0.1, -0.05) is 194 Å². The van der Waals surface area contributed by atoms with Gasteiger partial charge in [-0.05, 0) is 5.92 Å². The molecule has 187 valence electrons. The third-order valence-corrected chi connectivity index (χ3v) is 7.29. The summed E-state index contributed by atoms with van der Waals surface area (Å²) in [4.78, 5) is 0. The van der Waals surface area contributed by atoms with Crippen LogP contribution in [0.5, 0.6) is 0 Å². The monoisotopic (exact) mass is 435 g/mol. The van der Waals surface area contributed by atoms with E-state index in [1.807, 2.05) is 0 Å². The van der Waals surface area contributed by atoms with Crippen LogP contribution >= 0.6 is 0 Å². The van der Waals surface area contributed by atoms with Crippen molar-refractivity contribution in [3.05, 3.63) is 6.92 Å². The molecule has 0 aliphatic rings. The highest BCUT2D eigenvalue weighted by Gasteiger charge is 2.08. The molecule has 0 aromatic heterocycles. The second kappa shape index (κ2) is 28.0. The Bertz CT molecular complexity index is 294. The van der Waals surface area contributed by atoms with Crippen molar-refractivity contribution in [1.29, 1.82) is 0 Å². The number of hydrogen-bond donors (Lipinski definition) is 0. The Morgan fingerprint density at radius 2 is 0.613 bits per heavy atom. The summed E-state index contributed by atoms with van der Waals surface area (Å²) in [6.45, 7) is 8.69. The van der Waals surface area contributed by atoms with Gasteiger partial charge in [0.2, 0.25) is 0 Å². The lowest BCUT2D eigenvalue weighted by molar-refractivity contribution is 0.372. The standard InChI is InChI=1S/C31H63/c1-4-7-10-12-14-16-17-18-19-21-23-25-27-30-31(28-9-6-3)29-26-24-22-20-15-13-11-8-5-2/h31H,3-30H2,1-2H3. The molecule has 0 aliphatic carbocycles. The van der Waals surface area contributed by atoms with Crippen molar-refractivity contribution in [3.8, 4) is 0 Å². The van der Waals surface area contributed by atoms with Gasteiger partial charge in [-0.25, -0.2) is 0 Å². The normalized spacial score (nSPS) is 12.5. The van der Waals surface area contributed by atoms with E-state index in [9.17, 15) is 0 Å². The fraction of sp³-hybridized carbons (Fsp3) is 0.968. The van der Waals surface area contributed by atoms with Crippen LogP contribution < -0.4 is 0 Å². The molecule has 1 radical (unpaired) electrons. The van der Waals surface area contributed by atoms with Crippen LogP contribution in [-0.4, -0.2) is 0 Å². The van der Waals surface area contributed by atoms with Crippen molar-refractivity contribution in [1.82, 2.24) is 0 Å². The quantitative estimate of drug-likeness (QED) is 0.112. The van der Waals surface area contributed by atoms with Crippen molar-refractivity contribution in [2.45, 2.75) is 187 Å². The molecular weight excluding hydrogens is 372 g/mol. The summed E-state index contributed by atoms with van der Waals surface area (Å²) in [5.74, 6) is 0.999. The van der Waals surface area contributed by atoms with E-state index in [1.165, 1.54) is 167 Å². The molecule has 0 rings (SSSR count). The lowest BCUT2D eigenvalue weighted by Crippen LogP contribution is -2.01. The minimum Gasteiger partial charge on any atom is -0.0654 e. The molecule has 0 saturated carbocycles. The second-order valence-electron chi connectivity index (χ2n) is 10.5. The molecule has 0 aromatic rings. The molecule has 0 saturated heterocycles. The third kappa shape index (κ3) is 26.1. The van der Waals surface area contributed by atoms with Crippen molar-refractivity contribution < 1.29 is 0 Å². The van der Waals surface area contributed by atoms with E-state index in [-0.39, 0.29) is 0 Å². The Morgan fingerprint density at radius 1 is 0.355 bits per heavy atom. The zero-order valence-corrected chi connectivity index (χ0v) is 22.4. The molecule has 1 atom stereocenters. The first-order valence-electron chi connectivity index (χ1n) is 15.1. The Hall–Kier alpha value is 0. The molecule has 0 bridgehead atoms. The summed E-state index contributed by atoms with van der Waals surface area (Å²) in [6, 6.07) is 0. The van der Waals surface area contributed by atoms with Crippen LogP contribution in [0.4, 0.5) is 0 Å². The lowest BCUT2D eigenvalue weighted by atomic mass is 9.90. The summed E-state index contributed by atoms with van der Waals surface area (Å²) < 4.78 is 0. The van der Waals surface area contributed by atoms with Crippen molar-refractivity contribution in [2.24, 2.45) is 5.92 Å². The zero-order chi connectivity index (χ0) is 22.7. The van der Waals surface area contributed by atoms with Crippen LogP contribution in [0.3, 0.4) is 0 Å². The predicted molar refractivity (Wildman–Crippen MR) is 145 cm³/mol. The second-order valence-corrected chi connectivity index (χ2v) is 10.5. The van der Waals surface area contributed by atoms with Crippen LogP contribution in [0.1, 0.15) is 187 Å². The first kappa shape index (κ1) is 31.0. The van der Waals surface area contributed by atoms with Gasteiger partial charge in [-0.2, -0.15) is 0 Å². The smallest absolute Gasteiger partial charge is 0.0414 e. The van der Waals surface area contributed by atoms with Crippen molar-refractivity contribution in [3.63, 3.8) is 0 Å². The number of unbranched alkanes of at least 4 members (excludes halogenated alkanes) is 21. The molecule has 0 spiro atoms. The summed E-state index contributed by atoms with van der Waals surface area (Å²) in [6.07, 6.45) is 39.1. The molecular formula is C31H63. The summed E-state index contributed by atoms with van der Waals surface area (Å²) in [5, 5.41) is 0. The fourth-order valence-electron chi connectivity index (χ4n) is 5.06. The van der Waals surface area contributed by atoms with Gasteiger partial charge >= 0.3 is 0 Å². The molecule has 0 aromatic carbocycles. The maximum absolute atomic E-state index is 4.08. The average molecular weight is 436 g/mol. The topological polar surface area (TPSA) is 0 Å². The van der Waals surface area contributed by atoms with Gasteiger partial charge in [0, 0.05) is 0 Å². The van der Waals surface area contributed by atoms with E-state index in [1.54, 1.807) is 0 Å². The predicted octanol–water partition coefficient (Wildman–Crippen LogP) is 12.0. The molecule has 0 aliphatic heterocycles. The number of hydrogen-bond acceptors (Lipinski definition) is 0. The molecule has 0 nitrogen and oxygen atoms in total. The zero-order valence-electron chi connectivity index (χ0n) is 22.4. The molecule has 31 heavy (non-hydrogen) atoms. The minimum absolute atomic E-state index is 0.999. The van der Waals surface area contributed by atoms with E-state index < -0.39 is 0 Å². The molecule has 1 unspecified atom stereocenters. The Labute approximate surface area is 200 Å². The van der Waals surface area contributed by atoms with Gasteiger partial charge in [0.15, 0.2) is 0 Å². The first-order chi connectivity index (χ1) is 15.3. The summed E-state index contributed by atoms with van der Waals surface area (Å²) >= 11 is 0. The molecule has 0 heteroatoms. The van der Waals surface area contributed by atoms with Crippen molar-refractivity contribution in [2.75, 3.05) is 0 Å². The summed E-state index contributed by atoms with van der Waals surface area (Å²) in [7, 11) is 0. The van der Waals surface area contributed by atoms with Gasteiger partial charge in [0.05, 0.1) is 0 Å². The van der Waals surface area contributed by atoms with Crippen LogP contribution in [0.25, 0.3) is 0 Å². The highest BCUT2D eigenvalue weighted by Crippen LogP contribution is 2.24. The van der Waals surface area contributed by atoms with Gasteiger partial charge in [-0.3, -0.25) is 0 Å². The Morgan fingerprint density at radius 3 is 0.903 bits per heavy atom. The maximum atomic E-state index is 4.08. The van der Waals surface area contributed by atoms with Gasteiger partial charge in [0.25, 0.3) is 0 Å². The molecule has 0 fully saturated rings. The fourth-order valence-corrected chi connectivity index (χ4v) is 5.06. The summed E-state index contributed by atoms with van der Waals surface area (Å²) in [5.41, 5.74) is 0. The molecule has 0 heterocycles. The Kier molecular flexibility index (Phi) is 28.0. The van der Waals surface area contributed by atoms with Gasteiger partial charge in [-0.15, -0.1) is 0 Å². The van der Waals surface area contributed by atoms with Gasteiger partial charge < -0.3 is 0 Å². The SMILES string of the molecule is [CH2]CCCC(CCCCCCCCCCC)CCCCCCCCCCCCCCC. The number of rotatable bonds is 27. The average Bonchev–Trinajstić information content (AvgIpc) is 2.78.